The van der Waals surface area contributed by atoms with Gasteiger partial charge in [-0.2, -0.15) is 0 Å². The predicted molar refractivity (Wildman–Crippen MR) is 92.3 cm³/mol. The van der Waals surface area contributed by atoms with E-state index in [1.54, 1.807) is 30.4 Å². The smallest absolute Gasteiger partial charge is 0.341 e. The summed E-state index contributed by atoms with van der Waals surface area (Å²) in [6, 6.07) is 3.93. The Balaban J connectivity index is 2.02. The fourth-order valence-electron chi connectivity index (χ4n) is 2.77. The molecule has 2 aliphatic rings. The van der Waals surface area contributed by atoms with Crippen molar-refractivity contribution in [1.82, 2.24) is 0 Å². The molecule has 3 rings (SSSR count). The topological polar surface area (TPSA) is 102 Å². The highest BCUT2D eigenvalue weighted by Crippen LogP contribution is 2.42. The van der Waals surface area contributed by atoms with Crippen molar-refractivity contribution in [2.45, 2.75) is 13.0 Å². The van der Waals surface area contributed by atoms with Crippen LogP contribution >= 0.6 is 0 Å². The molecule has 0 fully saturated rings. The third-order valence-corrected chi connectivity index (χ3v) is 3.84. The molecule has 0 amide bonds. The number of fused-ring (bicyclic) bond motifs is 2. The van der Waals surface area contributed by atoms with E-state index >= 15 is 0 Å². The minimum absolute atomic E-state index is 0.129. The minimum Gasteiger partial charge on any atom is -0.491 e. The van der Waals surface area contributed by atoms with Crippen LogP contribution in [-0.4, -0.2) is 51.2 Å². The van der Waals surface area contributed by atoms with E-state index in [0.29, 0.717) is 11.5 Å². The number of rotatable bonds is 6. The molecule has 3 N–H and O–H groups in total. The van der Waals surface area contributed by atoms with E-state index < -0.39 is 18.6 Å². The summed E-state index contributed by atoms with van der Waals surface area (Å²) in [5.41, 5.74) is 1.55. The Morgan fingerprint density at radius 1 is 1.35 bits per heavy atom. The van der Waals surface area contributed by atoms with E-state index in [1.165, 1.54) is 6.07 Å². The van der Waals surface area contributed by atoms with Crippen LogP contribution in [0.1, 0.15) is 6.92 Å². The van der Waals surface area contributed by atoms with Gasteiger partial charge in [0.1, 0.15) is 18.1 Å². The number of carbonyl (C=O) groups is 1. The van der Waals surface area contributed by atoms with Gasteiger partial charge in [0.2, 0.25) is 6.04 Å². The number of anilines is 1. The molecule has 8 heteroatoms. The zero-order chi connectivity index (χ0) is 18.8. The molecule has 1 heterocycles. The molecule has 1 aliphatic carbocycles. The molecule has 1 unspecified atom stereocenters. The van der Waals surface area contributed by atoms with E-state index in [0.717, 1.165) is 15.4 Å². The van der Waals surface area contributed by atoms with Crippen molar-refractivity contribution in [1.29, 1.82) is 0 Å². The monoisotopic (exact) mass is 359 g/mol. The summed E-state index contributed by atoms with van der Waals surface area (Å²) in [5, 5.41) is 31.2. The van der Waals surface area contributed by atoms with Crippen LogP contribution in [0.25, 0.3) is 0 Å². The third-order valence-electron chi connectivity index (χ3n) is 3.84. The number of hydroxylamine groups is 1. The van der Waals surface area contributed by atoms with Crippen molar-refractivity contribution in [3.8, 4) is 5.75 Å². The maximum atomic E-state index is 10.8. The first-order valence-electron chi connectivity index (χ1n) is 7.87. The Labute approximate surface area is 149 Å². The summed E-state index contributed by atoms with van der Waals surface area (Å²) in [5.74, 6) is -0.579. The number of hydrogen-bond donors (Lipinski definition) is 3. The van der Waals surface area contributed by atoms with Gasteiger partial charge < -0.3 is 14.6 Å². The number of nitrogens with zero attached hydrogens (tertiary/aromatic N) is 2. The van der Waals surface area contributed by atoms with E-state index in [1.807, 2.05) is 6.92 Å². The molecule has 0 radical (unpaired) electrons. The third kappa shape index (κ3) is 3.14. The van der Waals surface area contributed by atoms with Crippen LogP contribution in [0, 0.1) is 0 Å². The quantitative estimate of drug-likeness (QED) is 0.407. The number of carboxylic acid groups (broad SMARTS) is 1. The number of para-hydroxylation sites is 1. The van der Waals surface area contributed by atoms with Gasteiger partial charge in [-0.3, -0.25) is 10.4 Å². The molecule has 0 aromatic heterocycles. The molecule has 1 aromatic carbocycles. The van der Waals surface area contributed by atoms with E-state index in [9.17, 15) is 15.2 Å². The van der Waals surface area contributed by atoms with Gasteiger partial charge >= 0.3 is 11.7 Å². The number of benzene rings is 1. The van der Waals surface area contributed by atoms with Gasteiger partial charge in [-0.1, -0.05) is 18.7 Å². The molecule has 0 spiro atoms. The van der Waals surface area contributed by atoms with Crippen LogP contribution in [0.3, 0.4) is 0 Å². The van der Waals surface area contributed by atoms with Crippen molar-refractivity contribution < 1.29 is 34.5 Å². The fourth-order valence-corrected chi connectivity index (χ4v) is 2.77. The lowest BCUT2D eigenvalue weighted by molar-refractivity contribution is -0.714. The number of hydrogen-bond acceptors (Lipinski definition) is 6. The number of allylic oxidation sites excluding steroid dienone is 2. The first kappa shape index (κ1) is 17.6. The summed E-state index contributed by atoms with van der Waals surface area (Å²) in [6.45, 7) is 5.31. The van der Waals surface area contributed by atoms with Crippen LogP contribution in [0.15, 0.2) is 54.3 Å². The van der Waals surface area contributed by atoms with Gasteiger partial charge in [-0.25, -0.2) is 9.86 Å². The molecular weight excluding hydrogens is 340 g/mol. The zero-order valence-electron chi connectivity index (χ0n) is 14.1. The average Bonchev–Trinajstić information content (AvgIpc) is 2.62. The zero-order valence-corrected chi connectivity index (χ0v) is 14.1. The lowest BCUT2D eigenvalue weighted by atomic mass is 10.00. The van der Waals surface area contributed by atoms with Gasteiger partial charge in [0.15, 0.2) is 12.4 Å². The van der Waals surface area contributed by atoms with Crippen LogP contribution in [0.5, 0.6) is 5.75 Å². The maximum Gasteiger partial charge on any atom is 0.341 e. The molecule has 26 heavy (non-hydrogen) atoms. The lowest BCUT2D eigenvalue weighted by Gasteiger charge is -2.31. The molecule has 8 nitrogen and oxygen atoms in total. The van der Waals surface area contributed by atoms with Gasteiger partial charge in [0.25, 0.3) is 5.71 Å². The van der Waals surface area contributed by atoms with Crippen molar-refractivity contribution in [3.05, 3.63) is 54.3 Å². The lowest BCUT2D eigenvalue weighted by Crippen LogP contribution is -2.47. The minimum atomic E-state index is -1.15. The summed E-state index contributed by atoms with van der Waals surface area (Å²) in [7, 11) is 0. The molecule has 1 aromatic rings. The van der Waals surface area contributed by atoms with Gasteiger partial charge in [-0.15, -0.1) is 0 Å². The van der Waals surface area contributed by atoms with Crippen molar-refractivity contribution in [2.24, 2.45) is 0 Å². The van der Waals surface area contributed by atoms with E-state index in [4.69, 9.17) is 14.6 Å². The maximum absolute atomic E-state index is 10.8. The van der Waals surface area contributed by atoms with E-state index in [2.05, 4.69) is 6.58 Å². The van der Waals surface area contributed by atoms with Crippen LogP contribution in [-0.2, 0) is 9.53 Å². The SMILES string of the molecule is C=C(C)COC1=CC=CC2=[N+](O)c3c(OCC(=O)O)cccc3N(O)C12. The van der Waals surface area contributed by atoms with Crippen molar-refractivity contribution in [2.75, 3.05) is 18.3 Å². The summed E-state index contributed by atoms with van der Waals surface area (Å²) >= 11 is 0. The second-order valence-corrected chi connectivity index (χ2v) is 5.96. The average molecular weight is 359 g/mol. The highest BCUT2D eigenvalue weighted by Gasteiger charge is 2.45. The summed E-state index contributed by atoms with van der Waals surface area (Å²) in [4.78, 5) is 10.8. The van der Waals surface area contributed by atoms with Crippen molar-refractivity contribution in [3.63, 3.8) is 0 Å². The molecule has 0 saturated carbocycles. The first-order chi connectivity index (χ1) is 12.4. The fraction of sp³-hybridized carbons (Fsp3) is 0.222. The highest BCUT2D eigenvalue weighted by atomic mass is 16.5. The van der Waals surface area contributed by atoms with Gasteiger partial charge in [0.05, 0.1) is 0 Å². The molecule has 0 saturated heterocycles. The molecular formula is C18H19N2O6+. The predicted octanol–water partition coefficient (Wildman–Crippen LogP) is 2.25. The van der Waals surface area contributed by atoms with Gasteiger partial charge in [-0.05, 0) is 30.7 Å². The van der Waals surface area contributed by atoms with Crippen molar-refractivity contribution >= 4 is 23.1 Å². The normalized spacial score (nSPS) is 18.0. The Hall–Kier alpha value is -3.26. The number of ether oxygens (including phenoxy) is 2. The Bertz CT molecular complexity index is 855. The summed E-state index contributed by atoms with van der Waals surface area (Å²) < 4.78 is 11.8. The highest BCUT2D eigenvalue weighted by molar-refractivity contribution is 6.03. The Kier molecular flexibility index (Phi) is 4.68. The van der Waals surface area contributed by atoms with Crippen LogP contribution in [0.2, 0.25) is 0 Å². The molecule has 136 valence electrons. The Morgan fingerprint density at radius 3 is 2.81 bits per heavy atom. The second-order valence-electron chi connectivity index (χ2n) is 5.96. The van der Waals surface area contributed by atoms with Crippen LogP contribution < -0.4 is 9.80 Å². The van der Waals surface area contributed by atoms with Crippen LogP contribution in [0.4, 0.5) is 11.4 Å². The van der Waals surface area contributed by atoms with Gasteiger partial charge in [0, 0.05) is 10.8 Å². The molecule has 1 aliphatic heterocycles. The Morgan fingerprint density at radius 2 is 2.12 bits per heavy atom. The number of aliphatic carboxylic acids is 1. The summed E-state index contributed by atoms with van der Waals surface area (Å²) in [6.07, 6.45) is 5.00. The largest absolute Gasteiger partial charge is 0.491 e. The standard InChI is InChI=1S/C18H18N2O6/c1-11(2)9-25-14-7-3-5-12-17(14)19(23)13-6-4-8-15(18(13)20(12)24)26-10-16(21)22/h3-8,17,23H,1,9-10H2,2H3,(H-,21,22,24)/p+1. The molecule has 1 atom stereocenters. The number of carboxylic acids is 1. The second kappa shape index (κ2) is 6.93. The molecule has 0 bridgehead atoms. The van der Waals surface area contributed by atoms with E-state index in [-0.39, 0.29) is 23.7 Å². The first-order valence-corrected chi connectivity index (χ1v) is 7.87.